The summed E-state index contributed by atoms with van der Waals surface area (Å²) in [5, 5.41) is 3.66. The molecule has 0 saturated heterocycles. The van der Waals surface area contributed by atoms with Crippen LogP contribution in [0.2, 0.25) is 0 Å². The third kappa shape index (κ3) is 1.45. The van der Waals surface area contributed by atoms with Crippen LogP contribution in [0, 0.1) is 12.7 Å². The van der Waals surface area contributed by atoms with Crippen molar-refractivity contribution in [3.8, 4) is 11.3 Å². The summed E-state index contributed by atoms with van der Waals surface area (Å²) in [6.07, 6.45) is 1.43. The van der Waals surface area contributed by atoms with Gasteiger partial charge in [0, 0.05) is 11.6 Å². The molecule has 0 amide bonds. The number of benzene rings is 1. The Balaban J connectivity index is 2.53. The maximum absolute atomic E-state index is 13.3. The molecular formula is C10H8FNO. The summed E-state index contributed by atoms with van der Waals surface area (Å²) in [5.74, 6) is -0.270. The Hall–Kier alpha value is -1.64. The Labute approximate surface area is 75.0 Å². The largest absolute Gasteiger partial charge is 0.364 e. The Morgan fingerprint density at radius 2 is 2.15 bits per heavy atom. The lowest BCUT2D eigenvalue weighted by Gasteiger charge is -1.98. The average Bonchev–Trinajstić information content (AvgIpc) is 2.56. The van der Waals surface area contributed by atoms with Crippen molar-refractivity contribution in [2.45, 2.75) is 6.92 Å². The van der Waals surface area contributed by atoms with E-state index in [1.165, 1.54) is 12.3 Å². The van der Waals surface area contributed by atoms with Crippen LogP contribution in [-0.4, -0.2) is 5.16 Å². The number of rotatable bonds is 1. The fourth-order valence-electron chi connectivity index (χ4n) is 1.18. The average molecular weight is 177 g/mol. The van der Waals surface area contributed by atoms with E-state index in [0.29, 0.717) is 11.3 Å². The molecule has 0 N–H and O–H groups in total. The van der Waals surface area contributed by atoms with Crippen molar-refractivity contribution in [1.29, 1.82) is 0 Å². The number of hydrogen-bond donors (Lipinski definition) is 0. The standard InChI is InChI=1S/C10H8FNO/c1-7-2-3-8(9(11)6-7)10-4-5-13-12-10/h2-6H,1H3. The van der Waals surface area contributed by atoms with E-state index in [1.807, 2.05) is 13.0 Å². The van der Waals surface area contributed by atoms with Crippen molar-refractivity contribution in [3.05, 3.63) is 41.9 Å². The van der Waals surface area contributed by atoms with Crippen molar-refractivity contribution in [3.63, 3.8) is 0 Å². The van der Waals surface area contributed by atoms with Gasteiger partial charge in [-0.25, -0.2) is 4.39 Å². The molecule has 0 fully saturated rings. The highest BCUT2D eigenvalue weighted by molar-refractivity contribution is 5.59. The fourth-order valence-corrected chi connectivity index (χ4v) is 1.18. The normalized spacial score (nSPS) is 10.3. The van der Waals surface area contributed by atoms with Crippen LogP contribution in [0.5, 0.6) is 0 Å². The Kier molecular flexibility index (Phi) is 1.85. The van der Waals surface area contributed by atoms with Gasteiger partial charge >= 0.3 is 0 Å². The molecule has 0 atom stereocenters. The lowest BCUT2D eigenvalue weighted by Crippen LogP contribution is -1.84. The number of halogens is 1. The van der Waals surface area contributed by atoms with Crippen LogP contribution >= 0.6 is 0 Å². The van der Waals surface area contributed by atoms with Gasteiger partial charge in [0.25, 0.3) is 0 Å². The lowest BCUT2D eigenvalue weighted by molar-refractivity contribution is 0.422. The first kappa shape index (κ1) is 7.98. The minimum Gasteiger partial charge on any atom is -0.364 e. The molecule has 66 valence electrons. The van der Waals surface area contributed by atoms with Crippen LogP contribution in [0.1, 0.15) is 5.56 Å². The summed E-state index contributed by atoms with van der Waals surface area (Å²) in [6.45, 7) is 1.84. The molecule has 0 unspecified atom stereocenters. The van der Waals surface area contributed by atoms with E-state index in [9.17, 15) is 4.39 Å². The zero-order valence-electron chi connectivity index (χ0n) is 7.12. The van der Waals surface area contributed by atoms with Crippen molar-refractivity contribution < 1.29 is 8.91 Å². The van der Waals surface area contributed by atoms with Crippen LogP contribution in [-0.2, 0) is 0 Å². The van der Waals surface area contributed by atoms with Gasteiger partial charge < -0.3 is 4.52 Å². The monoisotopic (exact) mass is 177 g/mol. The first-order valence-electron chi connectivity index (χ1n) is 3.94. The topological polar surface area (TPSA) is 26.0 Å². The SMILES string of the molecule is Cc1ccc(-c2ccon2)c(F)c1. The molecule has 0 spiro atoms. The van der Waals surface area contributed by atoms with E-state index in [4.69, 9.17) is 0 Å². The smallest absolute Gasteiger partial charge is 0.132 e. The number of hydrogen-bond acceptors (Lipinski definition) is 2. The van der Waals surface area contributed by atoms with Gasteiger partial charge in [-0.3, -0.25) is 0 Å². The van der Waals surface area contributed by atoms with E-state index >= 15 is 0 Å². The number of nitrogens with zero attached hydrogens (tertiary/aromatic N) is 1. The van der Waals surface area contributed by atoms with Gasteiger partial charge in [0.2, 0.25) is 0 Å². The van der Waals surface area contributed by atoms with Gasteiger partial charge in [-0.05, 0) is 24.6 Å². The van der Waals surface area contributed by atoms with Crippen LogP contribution < -0.4 is 0 Å². The van der Waals surface area contributed by atoms with E-state index in [0.717, 1.165) is 5.56 Å². The summed E-state index contributed by atoms with van der Waals surface area (Å²) >= 11 is 0. The highest BCUT2D eigenvalue weighted by atomic mass is 19.1. The summed E-state index contributed by atoms with van der Waals surface area (Å²) in [4.78, 5) is 0. The third-order valence-electron chi connectivity index (χ3n) is 1.84. The second kappa shape index (κ2) is 3.01. The van der Waals surface area contributed by atoms with Gasteiger partial charge in [-0.1, -0.05) is 11.2 Å². The Bertz CT molecular complexity index is 409. The third-order valence-corrected chi connectivity index (χ3v) is 1.84. The van der Waals surface area contributed by atoms with Crippen molar-refractivity contribution >= 4 is 0 Å². The quantitative estimate of drug-likeness (QED) is 0.669. The van der Waals surface area contributed by atoms with Gasteiger partial charge in [0.1, 0.15) is 17.8 Å². The highest BCUT2D eigenvalue weighted by Gasteiger charge is 2.06. The lowest BCUT2D eigenvalue weighted by atomic mass is 10.1. The molecule has 3 heteroatoms. The molecule has 1 aromatic heterocycles. The molecule has 0 aliphatic carbocycles. The highest BCUT2D eigenvalue weighted by Crippen LogP contribution is 2.21. The molecule has 0 radical (unpaired) electrons. The number of aryl methyl sites for hydroxylation is 1. The van der Waals surface area contributed by atoms with Crippen LogP contribution in [0.3, 0.4) is 0 Å². The zero-order valence-corrected chi connectivity index (χ0v) is 7.12. The fraction of sp³-hybridized carbons (Fsp3) is 0.100. The molecule has 2 rings (SSSR count). The molecule has 1 aromatic carbocycles. The second-order valence-corrected chi connectivity index (χ2v) is 2.87. The summed E-state index contributed by atoms with van der Waals surface area (Å²) in [5.41, 5.74) is 1.89. The maximum atomic E-state index is 13.3. The molecule has 0 aliphatic rings. The van der Waals surface area contributed by atoms with Crippen molar-refractivity contribution in [1.82, 2.24) is 5.16 Å². The van der Waals surface area contributed by atoms with Crippen LogP contribution in [0.15, 0.2) is 35.1 Å². The summed E-state index contributed by atoms with van der Waals surface area (Å²) < 4.78 is 18.0. The minimum absolute atomic E-state index is 0.270. The molecular weight excluding hydrogens is 169 g/mol. The van der Waals surface area contributed by atoms with E-state index in [2.05, 4.69) is 9.68 Å². The molecule has 0 bridgehead atoms. The maximum Gasteiger partial charge on any atom is 0.132 e. The van der Waals surface area contributed by atoms with Gasteiger partial charge in [-0.2, -0.15) is 0 Å². The molecule has 2 nitrogen and oxygen atoms in total. The number of aromatic nitrogens is 1. The van der Waals surface area contributed by atoms with Crippen molar-refractivity contribution in [2.24, 2.45) is 0 Å². The first-order chi connectivity index (χ1) is 6.27. The molecule has 0 saturated carbocycles. The molecule has 13 heavy (non-hydrogen) atoms. The first-order valence-corrected chi connectivity index (χ1v) is 3.94. The minimum atomic E-state index is -0.270. The molecule has 2 aromatic rings. The summed E-state index contributed by atoms with van der Waals surface area (Å²) in [6, 6.07) is 6.65. The van der Waals surface area contributed by atoms with Crippen LogP contribution in [0.4, 0.5) is 4.39 Å². The van der Waals surface area contributed by atoms with Gasteiger partial charge in [0.15, 0.2) is 0 Å². The van der Waals surface area contributed by atoms with E-state index in [-0.39, 0.29) is 5.82 Å². The Morgan fingerprint density at radius 3 is 2.77 bits per heavy atom. The molecule has 1 heterocycles. The van der Waals surface area contributed by atoms with Crippen LogP contribution in [0.25, 0.3) is 11.3 Å². The molecule has 0 aliphatic heterocycles. The zero-order chi connectivity index (χ0) is 9.26. The van der Waals surface area contributed by atoms with E-state index in [1.54, 1.807) is 12.1 Å². The Morgan fingerprint density at radius 1 is 1.31 bits per heavy atom. The van der Waals surface area contributed by atoms with Gasteiger partial charge in [0.05, 0.1) is 0 Å². The van der Waals surface area contributed by atoms with E-state index < -0.39 is 0 Å². The predicted octanol–water partition coefficient (Wildman–Crippen LogP) is 2.79. The van der Waals surface area contributed by atoms with Gasteiger partial charge in [-0.15, -0.1) is 0 Å². The summed E-state index contributed by atoms with van der Waals surface area (Å²) in [7, 11) is 0. The second-order valence-electron chi connectivity index (χ2n) is 2.87. The van der Waals surface area contributed by atoms with Crippen molar-refractivity contribution in [2.75, 3.05) is 0 Å². The predicted molar refractivity (Wildman–Crippen MR) is 46.6 cm³/mol.